The summed E-state index contributed by atoms with van der Waals surface area (Å²) in [6, 6.07) is 13.6. The Labute approximate surface area is 239 Å². The van der Waals surface area contributed by atoms with E-state index in [2.05, 4.69) is 22.5 Å². The lowest BCUT2D eigenvalue weighted by Crippen LogP contribution is -2.43. The molecular weight excluding hydrogens is 560 g/mol. The van der Waals surface area contributed by atoms with Crippen LogP contribution in [0, 0.1) is 6.92 Å². The van der Waals surface area contributed by atoms with Gasteiger partial charge in [-0.25, -0.2) is 9.78 Å². The quantitative estimate of drug-likeness (QED) is 0.128. The second-order valence-electron chi connectivity index (χ2n) is 10.9. The molecule has 208 valence electrons. The first-order chi connectivity index (χ1) is 18.3. The molecule has 7 nitrogen and oxygen atoms in total. The van der Waals surface area contributed by atoms with Gasteiger partial charge in [-0.3, -0.25) is 4.90 Å². The standard InChI is InChI=1S/C31H37BrN2O5/c1-8-10-23-17-22(13-14-27(23)38-31(6,7)29(36)39-30(3,4)5)19-34(15-16-35)20-26-21(2)37-28(33-26)24-11-9-12-25(32)18-24/h8-9,11-14,16-18H,1,10,15,19-20H2,2-7H3. The van der Waals surface area contributed by atoms with Crippen LogP contribution in [0.25, 0.3) is 11.5 Å². The van der Waals surface area contributed by atoms with Crippen molar-refractivity contribution in [1.82, 2.24) is 9.88 Å². The molecule has 0 unspecified atom stereocenters. The van der Waals surface area contributed by atoms with E-state index >= 15 is 0 Å². The molecule has 0 radical (unpaired) electrons. The van der Waals surface area contributed by atoms with Crippen molar-refractivity contribution in [1.29, 1.82) is 0 Å². The highest BCUT2D eigenvalue weighted by atomic mass is 79.9. The summed E-state index contributed by atoms with van der Waals surface area (Å²) in [5.41, 5.74) is 1.74. The van der Waals surface area contributed by atoms with Gasteiger partial charge in [0.05, 0.1) is 12.2 Å². The van der Waals surface area contributed by atoms with Crippen LogP contribution in [-0.2, 0) is 33.8 Å². The van der Waals surface area contributed by atoms with Crippen LogP contribution in [0.1, 0.15) is 57.2 Å². The summed E-state index contributed by atoms with van der Waals surface area (Å²) in [4.78, 5) is 31.0. The van der Waals surface area contributed by atoms with Crippen molar-refractivity contribution in [3.63, 3.8) is 0 Å². The Hall–Kier alpha value is -3.23. The van der Waals surface area contributed by atoms with E-state index in [1.807, 2.05) is 75.1 Å². The van der Waals surface area contributed by atoms with Crippen LogP contribution >= 0.6 is 15.9 Å². The Morgan fingerprint density at radius 1 is 1.13 bits per heavy atom. The maximum atomic E-state index is 12.7. The maximum Gasteiger partial charge on any atom is 0.350 e. The number of aldehydes is 1. The molecule has 0 aliphatic carbocycles. The smallest absolute Gasteiger partial charge is 0.350 e. The molecule has 1 heterocycles. The van der Waals surface area contributed by atoms with E-state index in [1.54, 1.807) is 19.9 Å². The summed E-state index contributed by atoms with van der Waals surface area (Å²) in [6.07, 6.45) is 3.23. The number of aromatic nitrogens is 1. The number of benzene rings is 2. The van der Waals surface area contributed by atoms with E-state index in [1.165, 1.54) is 0 Å². The van der Waals surface area contributed by atoms with Crippen LogP contribution in [0.2, 0.25) is 0 Å². The van der Waals surface area contributed by atoms with Gasteiger partial charge < -0.3 is 18.7 Å². The van der Waals surface area contributed by atoms with Crippen molar-refractivity contribution < 1.29 is 23.5 Å². The number of rotatable bonds is 12. The lowest BCUT2D eigenvalue weighted by atomic mass is 10.0. The molecule has 0 bridgehead atoms. The molecule has 0 N–H and O–H groups in total. The van der Waals surface area contributed by atoms with Crippen molar-refractivity contribution in [2.24, 2.45) is 0 Å². The van der Waals surface area contributed by atoms with E-state index in [4.69, 9.17) is 18.9 Å². The molecule has 3 rings (SSSR count). The van der Waals surface area contributed by atoms with E-state index in [0.29, 0.717) is 36.9 Å². The zero-order valence-corrected chi connectivity index (χ0v) is 25.1. The number of esters is 1. The lowest BCUT2D eigenvalue weighted by molar-refractivity contribution is -0.171. The first-order valence-electron chi connectivity index (χ1n) is 12.8. The fraction of sp³-hybridized carbons (Fsp3) is 0.387. The fourth-order valence-electron chi connectivity index (χ4n) is 3.94. The Kier molecular flexibility index (Phi) is 9.91. The number of hydrogen-bond acceptors (Lipinski definition) is 7. The predicted octanol–water partition coefficient (Wildman–Crippen LogP) is 6.84. The molecule has 2 aromatic carbocycles. The Bertz CT molecular complexity index is 1320. The third-order valence-corrected chi connectivity index (χ3v) is 6.31. The molecule has 1 aromatic heterocycles. The average Bonchev–Trinajstić information content (AvgIpc) is 3.20. The molecule has 0 aliphatic rings. The number of ether oxygens (including phenoxy) is 2. The highest BCUT2D eigenvalue weighted by molar-refractivity contribution is 9.10. The monoisotopic (exact) mass is 596 g/mol. The third-order valence-electron chi connectivity index (χ3n) is 5.82. The summed E-state index contributed by atoms with van der Waals surface area (Å²) >= 11 is 3.48. The molecule has 0 saturated heterocycles. The molecule has 8 heteroatoms. The number of nitrogens with zero attached hydrogens (tertiary/aromatic N) is 2. The summed E-state index contributed by atoms with van der Waals surface area (Å²) in [6.45, 7) is 15.8. The van der Waals surface area contributed by atoms with E-state index < -0.39 is 17.2 Å². The van der Waals surface area contributed by atoms with Crippen LogP contribution in [0.15, 0.2) is 64.0 Å². The van der Waals surface area contributed by atoms with Gasteiger partial charge in [-0.2, -0.15) is 0 Å². The molecule has 0 aliphatic heterocycles. The number of halogens is 1. The van der Waals surface area contributed by atoms with Crippen LogP contribution in [0.3, 0.4) is 0 Å². The minimum atomic E-state index is -1.18. The van der Waals surface area contributed by atoms with Gasteiger partial charge in [0, 0.05) is 23.1 Å². The molecule has 0 saturated carbocycles. The second kappa shape index (κ2) is 12.7. The van der Waals surface area contributed by atoms with Crippen molar-refractivity contribution in [2.45, 2.75) is 72.3 Å². The van der Waals surface area contributed by atoms with Crippen molar-refractivity contribution in [3.8, 4) is 17.2 Å². The summed E-state index contributed by atoms with van der Waals surface area (Å²) < 4.78 is 18.6. The molecule has 3 aromatic rings. The first kappa shape index (κ1) is 30.3. The van der Waals surface area contributed by atoms with Gasteiger partial charge in [0.2, 0.25) is 5.89 Å². The third kappa shape index (κ3) is 8.63. The number of hydrogen-bond donors (Lipinski definition) is 0. The molecule has 0 amide bonds. The Morgan fingerprint density at radius 3 is 2.51 bits per heavy atom. The second-order valence-corrected chi connectivity index (χ2v) is 11.8. The van der Waals surface area contributed by atoms with Crippen molar-refractivity contribution in [3.05, 3.63) is 82.2 Å². The fourth-order valence-corrected chi connectivity index (χ4v) is 4.34. The highest BCUT2D eigenvalue weighted by Gasteiger charge is 2.35. The minimum absolute atomic E-state index is 0.235. The Balaban J connectivity index is 1.80. The van der Waals surface area contributed by atoms with Crippen LogP contribution in [0.5, 0.6) is 5.75 Å². The highest BCUT2D eigenvalue weighted by Crippen LogP contribution is 2.29. The van der Waals surface area contributed by atoms with E-state index in [9.17, 15) is 9.59 Å². The molecular formula is C31H37BrN2O5. The van der Waals surface area contributed by atoms with Gasteiger partial charge in [-0.15, -0.1) is 6.58 Å². The van der Waals surface area contributed by atoms with Crippen molar-refractivity contribution in [2.75, 3.05) is 6.54 Å². The summed E-state index contributed by atoms with van der Waals surface area (Å²) in [5, 5.41) is 0. The van der Waals surface area contributed by atoms with E-state index in [-0.39, 0.29) is 6.54 Å². The van der Waals surface area contributed by atoms with E-state index in [0.717, 1.165) is 33.1 Å². The molecule has 0 spiro atoms. The molecule has 0 fully saturated rings. The number of allylic oxidation sites excluding steroid dienone is 1. The van der Waals surface area contributed by atoms with Gasteiger partial charge in [0.25, 0.3) is 0 Å². The zero-order chi connectivity index (χ0) is 28.8. The van der Waals surface area contributed by atoms with Crippen LogP contribution < -0.4 is 4.74 Å². The molecule has 0 atom stereocenters. The number of oxazole rings is 1. The maximum absolute atomic E-state index is 12.7. The van der Waals surface area contributed by atoms with Crippen LogP contribution in [-0.4, -0.2) is 39.9 Å². The first-order valence-corrected chi connectivity index (χ1v) is 13.6. The van der Waals surface area contributed by atoms with Crippen LogP contribution in [0.4, 0.5) is 0 Å². The SMILES string of the molecule is C=CCc1cc(CN(CC=O)Cc2nc(-c3cccc(Br)c3)oc2C)ccc1OC(C)(C)C(=O)OC(C)(C)C. The van der Waals surface area contributed by atoms with Gasteiger partial charge in [0.1, 0.15) is 23.4 Å². The average molecular weight is 598 g/mol. The van der Waals surface area contributed by atoms with Gasteiger partial charge in [0.15, 0.2) is 5.60 Å². The molecule has 39 heavy (non-hydrogen) atoms. The summed E-state index contributed by atoms with van der Waals surface area (Å²) in [5.74, 6) is 1.40. The minimum Gasteiger partial charge on any atom is -0.476 e. The largest absolute Gasteiger partial charge is 0.476 e. The topological polar surface area (TPSA) is 81.9 Å². The van der Waals surface area contributed by atoms with Crippen molar-refractivity contribution >= 4 is 28.2 Å². The van der Waals surface area contributed by atoms with Gasteiger partial charge >= 0.3 is 5.97 Å². The lowest BCUT2D eigenvalue weighted by Gasteiger charge is -2.30. The predicted molar refractivity (Wildman–Crippen MR) is 155 cm³/mol. The van der Waals surface area contributed by atoms with Gasteiger partial charge in [-0.1, -0.05) is 40.2 Å². The summed E-state index contributed by atoms with van der Waals surface area (Å²) in [7, 11) is 0. The zero-order valence-electron chi connectivity index (χ0n) is 23.5. The number of carbonyl (C=O) groups excluding carboxylic acids is 2. The van der Waals surface area contributed by atoms with Gasteiger partial charge in [-0.05, 0) is 83.4 Å². The number of aryl methyl sites for hydroxylation is 1. The number of carbonyl (C=O) groups is 2. The Morgan fingerprint density at radius 2 is 1.87 bits per heavy atom. The normalized spacial score (nSPS) is 11.9.